The van der Waals surface area contributed by atoms with Gasteiger partial charge in [-0.05, 0) is 30.0 Å². The van der Waals surface area contributed by atoms with E-state index in [1.54, 1.807) is 0 Å². The molecule has 0 atom stereocenters. The second kappa shape index (κ2) is 6.89. The van der Waals surface area contributed by atoms with Gasteiger partial charge in [0.05, 0.1) is 11.0 Å². The fourth-order valence-electron chi connectivity index (χ4n) is 2.62. The van der Waals surface area contributed by atoms with E-state index >= 15 is 0 Å². The van der Waals surface area contributed by atoms with Crippen molar-refractivity contribution in [1.29, 1.82) is 0 Å². The largest absolute Gasteiger partial charge is 0.388 e. The zero-order valence-corrected chi connectivity index (χ0v) is 12.9. The first kappa shape index (κ1) is 15.0. The van der Waals surface area contributed by atoms with Crippen molar-refractivity contribution < 1.29 is 5.11 Å². The van der Waals surface area contributed by atoms with E-state index in [-0.39, 0.29) is 6.61 Å². The first-order valence-electron chi connectivity index (χ1n) is 7.77. The molecule has 0 amide bonds. The first-order chi connectivity index (χ1) is 9.67. The minimum Gasteiger partial charge on any atom is -0.388 e. The molecule has 2 rings (SSSR count). The number of imidazole rings is 1. The lowest BCUT2D eigenvalue weighted by molar-refractivity contribution is 0.265. The predicted molar refractivity (Wildman–Crippen MR) is 83.9 cm³/mol. The number of rotatable bonds is 7. The number of aliphatic hydroxyl groups is 1. The Morgan fingerprint density at radius 1 is 1.20 bits per heavy atom. The molecule has 0 saturated carbocycles. The summed E-state index contributed by atoms with van der Waals surface area (Å²) in [6.45, 7) is 7.57. The molecule has 0 aliphatic heterocycles. The Bertz CT molecular complexity index is 557. The Hall–Kier alpha value is -1.35. The summed E-state index contributed by atoms with van der Waals surface area (Å²) >= 11 is 0. The molecule has 3 heteroatoms. The van der Waals surface area contributed by atoms with Gasteiger partial charge in [0.15, 0.2) is 0 Å². The number of aromatic nitrogens is 2. The molecule has 0 saturated heterocycles. The van der Waals surface area contributed by atoms with E-state index in [2.05, 4.69) is 48.5 Å². The van der Waals surface area contributed by atoms with Crippen molar-refractivity contribution in [3.8, 4) is 0 Å². The van der Waals surface area contributed by atoms with Crippen LogP contribution in [0.4, 0.5) is 0 Å². The number of hydrogen-bond acceptors (Lipinski definition) is 2. The summed E-state index contributed by atoms with van der Waals surface area (Å²) < 4.78 is 2.18. The number of hydrogen-bond donors (Lipinski definition) is 1. The molecule has 0 aliphatic carbocycles. The van der Waals surface area contributed by atoms with Crippen molar-refractivity contribution in [3.05, 3.63) is 29.6 Å². The maximum Gasteiger partial charge on any atom is 0.135 e. The van der Waals surface area contributed by atoms with Crippen LogP contribution in [0.5, 0.6) is 0 Å². The lowest BCUT2D eigenvalue weighted by Gasteiger charge is -2.08. The van der Waals surface area contributed by atoms with E-state index < -0.39 is 0 Å². The van der Waals surface area contributed by atoms with Crippen molar-refractivity contribution in [3.63, 3.8) is 0 Å². The molecule has 1 aromatic heterocycles. The highest BCUT2D eigenvalue weighted by Gasteiger charge is 2.11. The number of benzene rings is 1. The zero-order chi connectivity index (χ0) is 14.5. The van der Waals surface area contributed by atoms with E-state index in [4.69, 9.17) is 0 Å². The highest BCUT2D eigenvalue weighted by molar-refractivity contribution is 5.77. The molecule has 20 heavy (non-hydrogen) atoms. The van der Waals surface area contributed by atoms with E-state index in [1.807, 2.05) is 0 Å². The van der Waals surface area contributed by atoms with Crippen molar-refractivity contribution in [2.24, 2.45) is 0 Å². The Balaban J connectivity index is 2.27. The molecule has 0 fully saturated rings. The molecule has 1 aromatic carbocycles. The average Bonchev–Trinajstić information content (AvgIpc) is 2.80. The van der Waals surface area contributed by atoms with Crippen LogP contribution in [0.15, 0.2) is 18.2 Å². The molecule has 3 nitrogen and oxygen atoms in total. The normalized spacial score (nSPS) is 11.7. The molecule has 110 valence electrons. The van der Waals surface area contributed by atoms with Crippen LogP contribution in [0.3, 0.4) is 0 Å². The average molecular weight is 274 g/mol. The standard InChI is InChI=1S/C17H26N2O/c1-4-5-6-7-10-19-16-9-8-14(13(2)3)11-15(16)18-17(19)12-20/h8-9,11,13,20H,4-7,10,12H2,1-3H3. The van der Waals surface area contributed by atoms with Gasteiger partial charge in [-0.15, -0.1) is 0 Å². The van der Waals surface area contributed by atoms with Gasteiger partial charge in [-0.25, -0.2) is 4.98 Å². The molecular weight excluding hydrogens is 248 g/mol. The number of aryl methyl sites for hydroxylation is 1. The monoisotopic (exact) mass is 274 g/mol. The Kier molecular flexibility index (Phi) is 5.18. The Labute approximate surface area is 121 Å². The van der Waals surface area contributed by atoms with Crippen LogP contribution in [-0.4, -0.2) is 14.7 Å². The number of unbranched alkanes of at least 4 members (excludes halogenated alkanes) is 3. The van der Waals surface area contributed by atoms with E-state index in [9.17, 15) is 5.11 Å². The van der Waals surface area contributed by atoms with Crippen molar-refractivity contribution in [2.45, 2.75) is 65.5 Å². The summed E-state index contributed by atoms with van der Waals surface area (Å²) in [4.78, 5) is 4.59. The van der Waals surface area contributed by atoms with Gasteiger partial charge in [0.25, 0.3) is 0 Å². The number of aliphatic hydroxyl groups excluding tert-OH is 1. The number of nitrogens with zero attached hydrogens (tertiary/aromatic N) is 2. The highest BCUT2D eigenvalue weighted by atomic mass is 16.3. The minimum atomic E-state index is 0.0134. The molecule has 0 aliphatic rings. The van der Waals surface area contributed by atoms with E-state index in [0.717, 1.165) is 29.8 Å². The topological polar surface area (TPSA) is 38.0 Å². The smallest absolute Gasteiger partial charge is 0.135 e. The number of fused-ring (bicyclic) bond motifs is 1. The first-order valence-corrected chi connectivity index (χ1v) is 7.77. The van der Waals surface area contributed by atoms with Gasteiger partial charge >= 0.3 is 0 Å². The van der Waals surface area contributed by atoms with Gasteiger partial charge in [0.2, 0.25) is 0 Å². The quantitative estimate of drug-likeness (QED) is 0.767. The van der Waals surface area contributed by atoms with Crippen LogP contribution in [-0.2, 0) is 13.2 Å². The second-order valence-electron chi connectivity index (χ2n) is 5.80. The molecule has 1 heterocycles. The summed E-state index contributed by atoms with van der Waals surface area (Å²) in [5.41, 5.74) is 3.46. The van der Waals surface area contributed by atoms with E-state index in [0.29, 0.717) is 5.92 Å². The molecule has 0 unspecified atom stereocenters. The molecule has 0 bridgehead atoms. The fraction of sp³-hybridized carbons (Fsp3) is 0.588. The molecule has 0 spiro atoms. The third-order valence-corrected chi connectivity index (χ3v) is 3.89. The third kappa shape index (κ3) is 3.21. The van der Waals surface area contributed by atoms with Crippen molar-refractivity contribution in [1.82, 2.24) is 9.55 Å². The van der Waals surface area contributed by atoms with Crippen LogP contribution in [0, 0.1) is 0 Å². The summed E-state index contributed by atoms with van der Waals surface area (Å²) in [6.07, 6.45) is 4.91. The van der Waals surface area contributed by atoms with Crippen LogP contribution < -0.4 is 0 Å². The van der Waals surface area contributed by atoms with Gasteiger partial charge in [-0.1, -0.05) is 46.1 Å². The SMILES string of the molecule is CCCCCCn1c(CO)nc2cc(C(C)C)ccc21. The minimum absolute atomic E-state index is 0.0134. The zero-order valence-electron chi connectivity index (χ0n) is 12.9. The summed E-state index contributed by atoms with van der Waals surface area (Å²) in [7, 11) is 0. The Morgan fingerprint density at radius 3 is 2.65 bits per heavy atom. The maximum atomic E-state index is 9.52. The molecular formula is C17H26N2O. The van der Waals surface area contributed by atoms with Gasteiger partial charge in [-0.2, -0.15) is 0 Å². The lowest BCUT2D eigenvalue weighted by atomic mass is 10.0. The lowest BCUT2D eigenvalue weighted by Crippen LogP contribution is -2.04. The molecule has 1 N–H and O–H groups in total. The van der Waals surface area contributed by atoms with Crippen LogP contribution >= 0.6 is 0 Å². The van der Waals surface area contributed by atoms with Crippen molar-refractivity contribution >= 4 is 11.0 Å². The van der Waals surface area contributed by atoms with Gasteiger partial charge in [-0.3, -0.25) is 0 Å². The molecule has 2 aromatic rings. The van der Waals surface area contributed by atoms with Gasteiger partial charge < -0.3 is 9.67 Å². The predicted octanol–water partition coefficient (Wildman–Crippen LogP) is 4.23. The fourth-order valence-corrected chi connectivity index (χ4v) is 2.62. The maximum absolute atomic E-state index is 9.52. The van der Waals surface area contributed by atoms with Crippen LogP contribution in [0.25, 0.3) is 11.0 Å². The Morgan fingerprint density at radius 2 is 2.00 bits per heavy atom. The van der Waals surface area contributed by atoms with Crippen molar-refractivity contribution in [2.75, 3.05) is 0 Å². The second-order valence-corrected chi connectivity index (χ2v) is 5.80. The molecule has 0 radical (unpaired) electrons. The van der Waals surface area contributed by atoms with Crippen LogP contribution in [0.2, 0.25) is 0 Å². The third-order valence-electron chi connectivity index (χ3n) is 3.89. The van der Waals surface area contributed by atoms with Crippen LogP contribution in [0.1, 0.15) is 63.8 Å². The van der Waals surface area contributed by atoms with E-state index in [1.165, 1.54) is 24.8 Å². The summed E-state index contributed by atoms with van der Waals surface area (Å²) in [6, 6.07) is 6.48. The summed E-state index contributed by atoms with van der Waals surface area (Å²) in [5, 5.41) is 9.52. The highest BCUT2D eigenvalue weighted by Crippen LogP contribution is 2.23. The summed E-state index contributed by atoms with van der Waals surface area (Å²) in [5.74, 6) is 1.30. The van der Waals surface area contributed by atoms with Gasteiger partial charge in [0.1, 0.15) is 12.4 Å². The van der Waals surface area contributed by atoms with Gasteiger partial charge in [0, 0.05) is 6.54 Å².